The van der Waals surface area contributed by atoms with Crippen molar-refractivity contribution in [1.82, 2.24) is 0 Å². The van der Waals surface area contributed by atoms with E-state index in [9.17, 15) is 9.46 Å². The van der Waals surface area contributed by atoms with Crippen molar-refractivity contribution in [2.24, 2.45) is 0 Å². The summed E-state index contributed by atoms with van der Waals surface area (Å²) >= 11 is 3.03. The molecule has 0 fully saturated rings. The first-order chi connectivity index (χ1) is 6.45. The van der Waals surface area contributed by atoms with Gasteiger partial charge in [0.1, 0.15) is 5.01 Å². The predicted molar refractivity (Wildman–Crippen MR) is 57.0 cm³/mol. The molecular weight excluding hydrogens is 271 g/mol. The summed E-state index contributed by atoms with van der Waals surface area (Å²) in [6.07, 6.45) is 6.10. The molecule has 0 heterocycles. The molecule has 0 saturated carbocycles. The lowest BCUT2D eigenvalue weighted by Gasteiger charge is -2.19. The van der Waals surface area contributed by atoms with Gasteiger partial charge in [0.25, 0.3) is 7.82 Å². The zero-order valence-electron chi connectivity index (χ0n) is 8.32. The first-order valence-corrected chi connectivity index (χ1v) is 7.23. The van der Waals surface area contributed by atoms with Crippen LogP contribution in [0.3, 0.4) is 0 Å². The van der Waals surface area contributed by atoms with Gasteiger partial charge in [0.2, 0.25) is 0 Å². The molecule has 0 aliphatic carbocycles. The third-order valence-corrected chi connectivity index (χ3v) is 3.24. The molecule has 14 heavy (non-hydrogen) atoms. The zero-order valence-corrected chi connectivity index (χ0v) is 10.8. The summed E-state index contributed by atoms with van der Waals surface area (Å²) < 4.78 is 14.6. The minimum Gasteiger partial charge on any atom is -0.756 e. The van der Waals surface area contributed by atoms with Crippen LogP contribution in [0.25, 0.3) is 0 Å². The average Bonchev–Trinajstić information content (AvgIpc) is 2.00. The zero-order chi connectivity index (χ0) is 11.0. The lowest BCUT2D eigenvalue weighted by Crippen LogP contribution is -2.09. The summed E-state index contributed by atoms with van der Waals surface area (Å²) in [5.41, 5.74) is 0. The molecule has 0 aromatic rings. The van der Waals surface area contributed by atoms with E-state index >= 15 is 0 Å². The van der Waals surface area contributed by atoms with E-state index < -0.39 is 12.8 Å². The van der Waals surface area contributed by atoms with Gasteiger partial charge in [-0.05, 0) is 12.8 Å². The second-order valence-electron chi connectivity index (χ2n) is 3.19. The number of unbranched alkanes of at least 4 members (excludes halogenated alkanes) is 4. The van der Waals surface area contributed by atoms with Crippen LogP contribution in [0.4, 0.5) is 0 Å². The Hall–Kier alpha value is 0.590. The van der Waals surface area contributed by atoms with E-state index in [0.717, 1.165) is 19.3 Å². The second kappa shape index (κ2) is 7.83. The highest BCUT2D eigenvalue weighted by Crippen LogP contribution is 2.35. The topological polar surface area (TPSA) is 69.6 Å². The van der Waals surface area contributed by atoms with Gasteiger partial charge in [-0.2, -0.15) is 0 Å². The Morgan fingerprint density at radius 3 is 2.50 bits per heavy atom. The molecule has 0 spiro atoms. The Morgan fingerprint density at radius 1 is 1.43 bits per heavy atom. The van der Waals surface area contributed by atoms with Crippen LogP contribution in [0.1, 0.15) is 45.4 Å². The molecule has 0 aliphatic rings. The third-order valence-electron chi connectivity index (χ3n) is 1.78. The molecule has 2 unspecified atom stereocenters. The van der Waals surface area contributed by atoms with E-state index in [1.807, 2.05) is 0 Å². The Morgan fingerprint density at radius 2 is 2.00 bits per heavy atom. The summed E-state index contributed by atoms with van der Waals surface area (Å²) in [6.45, 7) is 2.13. The first kappa shape index (κ1) is 14.6. The first-order valence-electron chi connectivity index (χ1n) is 4.82. The van der Waals surface area contributed by atoms with Gasteiger partial charge in [0, 0.05) is 0 Å². The van der Waals surface area contributed by atoms with Crippen molar-refractivity contribution in [3.8, 4) is 0 Å². The molecule has 0 rings (SSSR count). The SMILES string of the molecule is CCCCCCCC(Br)OP(=O)([O-])O. The summed E-state index contributed by atoms with van der Waals surface area (Å²) in [6, 6.07) is 0. The molecule has 86 valence electrons. The van der Waals surface area contributed by atoms with Gasteiger partial charge in [-0.25, -0.2) is 0 Å². The quantitative estimate of drug-likeness (QED) is 0.423. The minimum absolute atomic E-state index is 0.594. The number of phosphoric acid groups is 1. The van der Waals surface area contributed by atoms with E-state index in [4.69, 9.17) is 4.89 Å². The van der Waals surface area contributed by atoms with E-state index in [0.29, 0.717) is 6.42 Å². The minimum atomic E-state index is -4.58. The molecule has 1 N–H and O–H groups in total. The van der Waals surface area contributed by atoms with Crippen molar-refractivity contribution in [3.63, 3.8) is 0 Å². The van der Waals surface area contributed by atoms with Crippen LogP contribution in [0.2, 0.25) is 0 Å². The number of alkyl halides is 1. The highest BCUT2D eigenvalue weighted by molar-refractivity contribution is 9.09. The Labute approximate surface area is 93.4 Å². The van der Waals surface area contributed by atoms with Crippen molar-refractivity contribution in [2.75, 3.05) is 0 Å². The number of hydrogen-bond acceptors (Lipinski definition) is 3. The molecule has 0 radical (unpaired) electrons. The standard InChI is InChI=1S/C8H18BrO4P/c1-2-3-4-5-6-7-8(9)13-14(10,11)12/h8H,2-7H2,1H3,(H2,10,11,12)/p-1. The predicted octanol–water partition coefficient (Wildman–Crippen LogP) is 2.55. The number of phosphoric ester groups is 1. The van der Waals surface area contributed by atoms with Gasteiger partial charge in [-0.1, -0.05) is 48.5 Å². The van der Waals surface area contributed by atoms with Crippen LogP contribution < -0.4 is 4.89 Å². The van der Waals surface area contributed by atoms with E-state index in [-0.39, 0.29) is 0 Å². The fourth-order valence-corrected chi connectivity index (χ4v) is 2.46. The van der Waals surface area contributed by atoms with Gasteiger partial charge in [0.15, 0.2) is 0 Å². The van der Waals surface area contributed by atoms with Crippen molar-refractivity contribution < 1.29 is 18.9 Å². The summed E-state index contributed by atoms with van der Waals surface area (Å²) in [7, 11) is -4.58. The maximum absolute atomic E-state index is 10.3. The van der Waals surface area contributed by atoms with Crippen molar-refractivity contribution in [3.05, 3.63) is 0 Å². The van der Waals surface area contributed by atoms with Crippen molar-refractivity contribution in [1.29, 1.82) is 0 Å². The molecule has 6 heteroatoms. The Bertz CT molecular complexity index is 182. The average molecular weight is 288 g/mol. The monoisotopic (exact) mass is 287 g/mol. The summed E-state index contributed by atoms with van der Waals surface area (Å²) in [5.74, 6) is 0. The van der Waals surface area contributed by atoms with E-state index in [1.165, 1.54) is 12.8 Å². The fourth-order valence-electron chi connectivity index (χ4n) is 1.11. The second-order valence-corrected chi connectivity index (χ2v) is 5.36. The molecule has 4 nitrogen and oxygen atoms in total. The van der Waals surface area contributed by atoms with Crippen LogP contribution in [-0.4, -0.2) is 9.91 Å². The molecule has 0 aromatic carbocycles. The largest absolute Gasteiger partial charge is 0.756 e. The van der Waals surface area contributed by atoms with Gasteiger partial charge >= 0.3 is 0 Å². The van der Waals surface area contributed by atoms with Crippen LogP contribution in [0.5, 0.6) is 0 Å². The normalized spacial score (nSPS) is 17.7. The van der Waals surface area contributed by atoms with E-state index in [1.54, 1.807) is 0 Å². The highest BCUT2D eigenvalue weighted by atomic mass is 79.9. The Balaban J connectivity index is 3.36. The molecule has 0 aliphatic heterocycles. The van der Waals surface area contributed by atoms with Crippen molar-refractivity contribution >= 4 is 23.8 Å². The molecule has 2 atom stereocenters. The lowest BCUT2D eigenvalue weighted by molar-refractivity contribution is -0.220. The molecule has 0 amide bonds. The molecular formula is C8H17BrO4P-. The summed E-state index contributed by atoms with van der Waals surface area (Å²) in [5, 5.41) is -0.600. The van der Waals surface area contributed by atoms with Crippen LogP contribution in [0.15, 0.2) is 0 Å². The molecule has 0 bridgehead atoms. The maximum atomic E-state index is 10.3. The van der Waals surface area contributed by atoms with Gasteiger partial charge in [-0.3, -0.25) is 4.57 Å². The molecule has 0 aromatic heterocycles. The van der Waals surface area contributed by atoms with Crippen LogP contribution in [0, 0.1) is 0 Å². The smallest absolute Gasteiger partial charge is 0.266 e. The number of rotatable bonds is 8. The lowest BCUT2D eigenvalue weighted by atomic mass is 10.1. The molecule has 0 saturated heterocycles. The van der Waals surface area contributed by atoms with Gasteiger partial charge in [0.05, 0.1) is 0 Å². The fraction of sp³-hybridized carbons (Fsp3) is 1.00. The Kier molecular flexibility index (Phi) is 8.16. The number of halogens is 1. The van der Waals surface area contributed by atoms with Crippen LogP contribution >= 0.6 is 23.8 Å². The number of hydrogen-bond donors (Lipinski definition) is 1. The van der Waals surface area contributed by atoms with Crippen LogP contribution in [-0.2, 0) is 9.09 Å². The van der Waals surface area contributed by atoms with E-state index in [2.05, 4.69) is 27.4 Å². The van der Waals surface area contributed by atoms with Crippen molar-refractivity contribution in [2.45, 2.75) is 50.5 Å². The maximum Gasteiger partial charge on any atom is 0.266 e. The highest BCUT2D eigenvalue weighted by Gasteiger charge is 2.10. The third kappa shape index (κ3) is 10.7. The van der Waals surface area contributed by atoms with Gasteiger partial charge in [-0.15, -0.1) is 0 Å². The summed E-state index contributed by atoms with van der Waals surface area (Å²) in [4.78, 5) is 18.7. The van der Waals surface area contributed by atoms with Gasteiger partial charge < -0.3 is 14.3 Å².